The molecule has 1 N–H and O–H groups in total. The first kappa shape index (κ1) is 38.0. The van der Waals surface area contributed by atoms with Crippen molar-refractivity contribution in [3.63, 3.8) is 0 Å². The fourth-order valence-corrected chi connectivity index (χ4v) is 5.05. The molecule has 1 aromatic rings. The third-order valence-corrected chi connectivity index (χ3v) is 7.05. The number of terminal acetylenes is 1. The lowest BCUT2D eigenvalue weighted by Gasteiger charge is -2.36. The molecule has 2 saturated heterocycles. The molecule has 2 atom stereocenters. The number of carbonyl (C=O) groups excluding carboxylic acids is 3. The maximum absolute atomic E-state index is 13.1. The van der Waals surface area contributed by atoms with Crippen LogP contribution in [0.2, 0.25) is 0 Å². The van der Waals surface area contributed by atoms with Crippen molar-refractivity contribution in [2.24, 2.45) is 5.41 Å². The Morgan fingerprint density at radius 1 is 1.12 bits per heavy atom. The van der Waals surface area contributed by atoms with Crippen LogP contribution in [-0.4, -0.2) is 82.2 Å². The fourth-order valence-electron chi connectivity index (χ4n) is 5.05. The number of piperazine rings is 1. The van der Waals surface area contributed by atoms with Gasteiger partial charge in [-0.1, -0.05) is 33.1 Å². The molecule has 0 radical (unpaired) electrons. The first-order chi connectivity index (χ1) is 19.7. The zero-order valence-corrected chi connectivity index (χ0v) is 25.8. The number of likely N-dealkylation sites (N-methyl/N-ethyl adjacent to an activating group) is 1. The number of esters is 1. The van der Waals surface area contributed by atoms with E-state index in [1.165, 1.54) is 12.1 Å². The van der Waals surface area contributed by atoms with E-state index >= 15 is 0 Å². The van der Waals surface area contributed by atoms with Crippen LogP contribution < -0.4 is 10.2 Å². The van der Waals surface area contributed by atoms with Gasteiger partial charge < -0.3 is 19.7 Å². The van der Waals surface area contributed by atoms with Crippen molar-refractivity contribution in [1.82, 2.24) is 10.2 Å². The lowest BCUT2D eigenvalue weighted by molar-refractivity contribution is -0.149. The Kier molecular flexibility index (Phi) is 21.1. The molecule has 0 bridgehead atoms. The smallest absolute Gasteiger partial charge is 0.312 e. The molecule has 2 aliphatic rings. The SMILES string of the molecule is C#C.CCCCC1(CCC)C[C@H](CCN2CCN(c3ccc(F)cc3)CC2)OC1=O.CCOC=O.CNCC(C)=O. The number of unbranched alkanes of at least 4 members (excludes halogenated alkanes) is 1. The van der Waals surface area contributed by atoms with Gasteiger partial charge in [-0.05, 0) is 64.4 Å². The third-order valence-electron chi connectivity index (χ3n) is 7.05. The first-order valence-electron chi connectivity index (χ1n) is 14.7. The van der Waals surface area contributed by atoms with Crippen LogP contribution in [0.25, 0.3) is 0 Å². The number of hydrogen-bond donors (Lipinski definition) is 1. The summed E-state index contributed by atoms with van der Waals surface area (Å²) in [5, 5.41) is 2.72. The molecule has 1 unspecified atom stereocenters. The zero-order chi connectivity index (χ0) is 31.1. The monoisotopic (exact) mass is 577 g/mol. The van der Waals surface area contributed by atoms with E-state index in [4.69, 9.17) is 4.74 Å². The van der Waals surface area contributed by atoms with Crippen LogP contribution in [0.15, 0.2) is 24.3 Å². The van der Waals surface area contributed by atoms with Crippen LogP contribution in [0.3, 0.4) is 0 Å². The van der Waals surface area contributed by atoms with Gasteiger partial charge in [0, 0.05) is 44.8 Å². The highest BCUT2D eigenvalue weighted by molar-refractivity contribution is 5.79. The van der Waals surface area contributed by atoms with Crippen molar-refractivity contribution in [3.05, 3.63) is 30.1 Å². The van der Waals surface area contributed by atoms with Gasteiger partial charge in [-0.3, -0.25) is 19.3 Å². The molecule has 41 heavy (non-hydrogen) atoms. The third kappa shape index (κ3) is 15.0. The molecular weight excluding hydrogens is 525 g/mol. The van der Waals surface area contributed by atoms with Gasteiger partial charge in [-0.25, -0.2) is 4.39 Å². The number of ether oxygens (including phenoxy) is 2. The van der Waals surface area contributed by atoms with Crippen molar-refractivity contribution in [2.45, 2.75) is 78.7 Å². The molecule has 1 aromatic carbocycles. The van der Waals surface area contributed by atoms with Gasteiger partial charge in [0.1, 0.15) is 17.7 Å². The van der Waals surface area contributed by atoms with Crippen LogP contribution >= 0.6 is 0 Å². The van der Waals surface area contributed by atoms with Gasteiger partial charge in [0.25, 0.3) is 6.47 Å². The second-order valence-electron chi connectivity index (χ2n) is 10.2. The Hall–Kier alpha value is -2.96. The fraction of sp³-hybridized carbons (Fsp3) is 0.656. The Bertz CT molecular complexity index is 872. The number of cyclic esters (lactones) is 1. The van der Waals surface area contributed by atoms with E-state index in [9.17, 15) is 18.8 Å². The van der Waals surface area contributed by atoms with E-state index in [0.29, 0.717) is 19.6 Å². The molecular formula is C32H52FN3O5. The summed E-state index contributed by atoms with van der Waals surface area (Å²) >= 11 is 0. The van der Waals surface area contributed by atoms with Gasteiger partial charge >= 0.3 is 5.97 Å². The van der Waals surface area contributed by atoms with Gasteiger partial charge in [0.05, 0.1) is 18.6 Å². The van der Waals surface area contributed by atoms with Crippen molar-refractivity contribution < 1.29 is 28.2 Å². The molecule has 0 spiro atoms. The number of nitrogens with zero attached hydrogens (tertiary/aromatic N) is 2. The van der Waals surface area contributed by atoms with Gasteiger partial charge in [0.2, 0.25) is 0 Å². The summed E-state index contributed by atoms with van der Waals surface area (Å²) in [6.45, 7) is 13.9. The topological polar surface area (TPSA) is 88.2 Å². The van der Waals surface area contributed by atoms with Gasteiger partial charge in [0.15, 0.2) is 0 Å². The molecule has 9 heteroatoms. The maximum Gasteiger partial charge on any atom is 0.312 e. The Morgan fingerprint density at radius 3 is 2.20 bits per heavy atom. The molecule has 0 saturated carbocycles. The predicted molar refractivity (Wildman–Crippen MR) is 163 cm³/mol. The number of hydrogen-bond acceptors (Lipinski definition) is 8. The molecule has 3 rings (SSSR count). The van der Waals surface area contributed by atoms with E-state index in [2.05, 4.69) is 46.5 Å². The second-order valence-corrected chi connectivity index (χ2v) is 10.2. The average Bonchev–Trinajstić information content (AvgIpc) is 3.28. The summed E-state index contributed by atoms with van der Waals surface area (Å²) in [4.78, 5) is 36.5. The number of anilines is 1. The number of rotatable bonds is 13. The lowest BCUT2D eigenvalue weighted by Crippen LogP contribution is -2.47. The number of Topliss-reactive ketones (excluding diaryl/α,β-unsaturated/α-hetero) is 1. The van der Waals surface area contributed by atoms with Crippen LogP contribution in [0.4, 0.5) is 10.1 Å². The van der Waals surface area contributed by atoms with Crippen LogP contribution in [0, 0.1) is 24.1 Å². The number of halogens is 1. The van der Waals surface area contributed by atoms with Crippen LogP contribution in [0.1, 0.15) is 72.6 Å². The minimum absolute atomic E-state index is 0.0499. The summed E-state index contributed by atoms with van der Waals surface area (Å²) in [6.07, 6.45) is 15.1. The number of nitrogens with one attached hydrogen (secondary N) is 1. The van der Waals surface area contributed by atoms with E-state index in [1.54, 1.807) is 20.9 Å². The predicted octanol–water partition coefficient (Wildman–Crippen LogP) is 4.85. The quantitative estimate of drug-likeness (QED) is 0.202. The summed E-state index contributed by atoms with van der Waals surface area (Å²) in [7, 11) is 1.75. The van der Waals surface area contributed by atoms with Crippen molar-refractivity contribution >= 4 is 23.9 Å². The standard InChI is InChI=1S/C23H35FN2O2.C4H9NO.C3H6O2.C2H2/c1-3-5-12-23(11-4-2)18-21(28-22(23)27)10-13-25-14-16-26(17-15-25)20-8-6-19(24)7-9-20;1-4(6)3-5-2;1-2-5-3-4;1-2/h6-9,21H,3-5,10-18H2,1-2H3;5H,3H2,1-2H3;3H,2H2,1H3;1-2H/t21-,23?;;;/m0.../s1. The van der Waals surface area contributed by atoms with Crippen molar-refractivity contribution in [2.75, 3.05) is 57.8 Å². The second kappa shape index (κ2) is 22.7. The highest BCUT2D eigenvalue weighted by Crippen LogP contribution is 2.43. The number of benzene rings is 1. The van der Waals surface area contributed by atoms with E-state index < -0.39 is 0 Å². The molecule has 8 nitrogen and oxygen atoms in total. The summed E-state index contributed by atoms with van der Waals surface area (Å²) in [6, 6.07) is 6.76. The van der Waals surface area contributed by atoms with Crippen LogP contribution in [-0.2, 0) is 23.9 Å². The molecule has 2 heterocycles. The molecule has 0 aliphatic carbocycles. The maximum atomic E-state index is 13.1. The van der Waals surface area contributed by atoms with Gasteiger partial charge in [-0.15, -0.1) is 12.8 Å². The molecule has 2 aliphatic heterocycles. The normalized spacial score (nSPS) is 19.8. The Morgan fingerprint density at radius 2 is 1.76 bits per heavy atom. The highest BCUT2D eigenvalue weighted by atomic mass is 19.1. The van der Waals surface area contributed by atoms with Gasteiger partial charge in [-0.2, -0.15) is 0 Å². The number of carbonyl (C=O) groups is 3. The molecule has 232 valence electrons. The number of ketones is 1. The minimum Gasteiger partial charge on any atom is -0.468 e. The van der Waals surface area contributed by atoms with Crippen LogP contribution in [0.5, 0.6) is 0 Å². The Labute approximate surface area is 247 Å². The summed E-state index contributed by atoms with van der Waals surface area (Å²) < 4.78 is 23.1. The Balaban J connectivity index is 0.00000103. The molecule has 2 fully saturated rings. The highest BCUT2D eigenvalue weighted by Gasteiger charge is 2.47. The first-order valence-corrected chi connectivity index (χ1v) is 14.7. The van der Waals surface area contributed by atoms with E-state index in [0.717, 1.165) is 83.4 Å². The largest absolute Gasteiger partial charge is 0.468 e. The molecule has 0 amide bonds. The average molecular weight is 578 g/mol. The summed E-state index contributed by atoms with van der Waals surface area (Å²) in [5.41, 5.74) is 0.863. The minimum atomic E-state index is -0.225. The molecule has 0 aromatic heterocycles. The zero-order valence-electron chi connectivity index (χ0n) is 25.8. The lowest BCUT2D eigenvalue weighted by atomic mass is 9.76. The van der Waals surface area contributed by atoms with E-state index in [-0.39, 0.29) is 29.1 Å². The van der Waals surface area contributed by atoms with Crippen molar-refractivity contribution in [1.29, 1.82) is 0 Å². The van der Waals surface area contributed by atoms with E-state index in [1.807, 2.05) is 12.1 Å². The van der Waals surface area contributed by atoms with Crippen molar-refractivity contribution in [3.8, 4) is 12.8 Å². The summed E-state index contributed by atoms with van der Waals surface area (Å²) in [5.74, 6) is 0.0398.